The van der Waals surface area contributed by atoms with E-state index in [-0.39, 0.29) is 31.4 Å². The summed E-state index contributed by atoms with van der Waals surface area (Å²) < 4.78 is 0. The van der Waals surface area contributed by atoms with Gasteiger partial charge in [0, 0.05) is 54.1 Å². The van der Waals surface area contributed by atoms with E-state index in [2.05, 4.69) is 52.3 Å². The van der Waals surface area contributed by atoms with Crippen LogP contribution in [0.3, 0.4) is 0 Å². The summed E-state index contributed by atoms with van der Waals surface area (Å²) in [4.78, 5) is 7.45. The van der Waals surface area contributed by atoms with Gasteiger partial charge in [0.15, 0.2) is 0 Å². The molecule has 2 aliphatic heterocycles. The first-order valence-electron chi connectivity index (χ1n) is 9.57. The van der Waals surface area contributed by atoms with Crippen molar-refractivity contribution >= 4 is 28.9 Å². The Bertz CT molecular complexity index is 839. The van der Waals surface area contributed by atoms with Gasteiger partial charge in [-0.25, -0.2) is 0 Å². The van der Waals surface area contributed by atoms with E-state index >= 15 is 0 Å². The highest BCUT2D eigenvalue weighted by molar-refractivity contribution is 7.99. The summed E-state index contributed by atoms with van der Waals surface area (Å²) in [6.07, 6.45) is 3.41. The van der Waals surface area contributed by atoms with E-state index in [1.165, 1.54) is 26.5 Å². The van der Waals surface area contributed by atoms with Crippen LogP contribution in [0, 0.1) is 0 Å². The predicted molar refractivity (Wildman–Crippen MR) is 114 cm³/mol. The van der Waals surface area contributed by atoms with E-state index in [1.54, 1.807) is 0 Å². The molecule has 158 valence electrons. The minimum absolute atomic E-state index is 0. The van der Waals surface area contributed by atoms with E-state index in [0.29, 0.717) is 0 Å². The van der Waals surface area contributed by atoms with Gasteiger partial charge in [0.05, 0.1) is 6.61 Å². The lowest BCUT2D eigenvalue weighted by Crippen LogP contribution is -3.00. The lowest BCUT2D eigenvalue weighted by Gasteiger charge is -2.34. The van der Waals surface area contributed by atoms with Crippen molar-refractivity contribution in [2.45, 2.75) is 16.2 Å². The Kier molecular flexibility index (Phi) is 9.83. The number of fused-ring (bicyclic) bond motifs is 2. The first-order valence-corrected chi connectivity index (χ1v) is 10.8. The molecule has 2 aliphatic rings. The van der Waals surface area contributed by atoms with Crippen molar-refractivity contribution in [2.75, 3.05) is 45.9 Å². The number of aliphatic hydroxyl groups is 1. The second-order valence-corrected chi connectivity index (χ2v) is 8.57. The van der Waals surface area contributed by atoms with Crippen LogP contribution in [0.4, 0.5) is 0 Å². The first-order chi connectivity index (χ1) is 13.2. The van der Waals surface area contributed by atoms with Crippen molar-refractivity contribution in [1.82, 2.24) is 9.80 Å². The average molecular weight is 472 g/mol. The van der Waals surface area contributed by atoms with Gasteiger partial charge < -0.3 is 34.8 Å². The maximum atomic E-state index is 9.08. The molecule has 0 aliphatic carbocycles. The molecule has 0 saturated carbocycles. The number of hydrogen-bond donors (Lipinski definition) is 1. The van der Waals surface area contributed by atoms with Gasteiger partial charge in [0.25, 0.3) is 0 Å². The van der Waals surface area contributed by atoms with Gasteiger partial charge in [-0.2, -0.15) is 0 Å². The molecular formula is C22H25Cl3N2OS-2. The van der Waals surface area contributed by atoms with Gasteiger partial charge in [-0.05, 0) is 47.4 Å². The van der Waals surface area contributed by atoms with E-state index in [9.17, 15) is 0 Å². The highest BCUT2D eigenvalue weighted by Gasteiger charge is 2.21. The molecule has 0 amide bonds. The minimum atomic E-state index is 0. The third-order valence-electron chi connectivity index (χ3n) is 5.30. The zero-order valence-corrected chi connectivity index (χ0v) is 19.2. The van der Waals surface area contributed by atoms with E-state index in [0.717, 1.165) is 50.7 Å². The largest absolute Gasteiger partial charge is 1.00 e. The molecule has 0 bridgehead atoms. The maximum absolute atomic E-state index is 9.08. The summed E-state index contributed by atoms with van der Waals surface area (Å²) in [5.41, 5.74) is 3.87. The molecule has 0 aromatic heterocycles. The average Bonchev–Trinajstić information content (AvgIpc) is 2.69. The lowest BCUT2D eigenvalue weighted by atomic mass is 9.96. The highest BCUT2D eigenvalue weighted by atomic mass is 35.5. The third kappa shape index (κ3) is 5.92. The summed E-state index contributed by atoms with van der Waals surface area (Å²) in [7, 11) is 0. The van der Waals surface area contributed by atoms with Crippen LogP contribution in [0.15, 0.2) is 58.3 Å². The number of halogens is 3. The summed E-state index contributed by atoms with van der Waals surface area (Å²) in [5.74, 6) is 0. The Hall–Kier alpha value is -0.720. The molecule has 0 spiro atoms. The normalized spacial score (nSPS) is 17.8. The topological polar surface area (TPSA) is 26.7 Å². The molecule has 0 unspecified atom stereocenters. The van der Waals surface area contributed by atoms with Crippen molar-refractivity contribution in [1.29, 1.82) is 0 Å². The van der Waals surface area contributed by atoms with Gasteiger partial charge in [0.1, 0.15) is 0 Å². The zero-order chi connectivity index (χ0) is 18.6. The Morgan fingerprint density at radius 1 is 0.897 bits per heavy atom. The number of rotatable bonds is 5. The quantitative estimate of drug-likeness (QED) is 0.477. The van der Waals surface area contributed by atoms with Crippen molar-refractivity contribution in [3.63, 3.8) is 0 Å². The third-order valence-corrected chi connectivity index (χ3v) is 6.69. The molecule has 1 fully saturated rings. The number of aliphatic hydroxyl groups excluding tert-OH is 1. The fourth-order valence-electron chi connectivity index (χ4n) is 3.83. The van der Waals surface area contributed by atoms with Gasteiger partial charge in [-0.15, -0.1) is 0 Å². The Labute approximate surface area is 194 Å². The Balaban J connectivity index is 0.00000150. The van der Waals surface area contributed by atoms with Crippen molar-refractivity contribution in [2.24, 2.45) is 0 Å². The van der Waals surface area contributed by atoms with Crippen LogP contribution < -0.4 is 24.8 Å². The first kappa shape index (κ1) is 24.5. The van der Waals surface area contributed by atoms with Crippen LogP contribution >= 0.6 is 23.4 Å². The Morgan fingerprint density at radius 2 is 1.55 bits per heavy atom. The number of piperazine rings is 1. The summed E-state index contributed by atoms with van der Waals surface area (Å²) in [5, 5.41) is 9.87. The van der Waals surface area contributed by atoms with Gasteiger partial charge in [-0.3, -0.25) is 4.90 Å². The van der Waals surface area contributed by atoms with Crippen molar-refractivity contribution < 1.29 is 29.9 Å². The fraction of sp³-hybridized carbons (Fsp3) is 0.364. The molecular weight excluding hydrogens is 447 g/mol. The van der Waals surface area contributed by atoms with Gasteiger partial charge in [-0.1, -0.05) is 47.6 Å². The lowest BCUT2D eigenvalue weighted by molar-refractivity contribution is -0.001000. The summed E-state index contributed by atoms with van der Waals surface area (Å²) in [6, 6.07) is 14.8. The number of hydrogen-bond acceptors (Lipinski definition) is 4. The zero-order valence-electron chi connectivity index (χ0n) is 16.2. The minimum Gasteiger partial charge on any atom is -1.00 e. The van der Waals surface area contributed by atoms with Crippen LogP contribution in [0.2, 0.25) is 5.02 Å². The molecule has 3 nitrogen and oxygen atoms in total. The van der Waals surface area contributed by atoms with E-state index in [4.69, 9.17) is 16.7 Å². The van der Waals surface area contributed by atoms with Crippen LogP contribution in [-0.2, 0) is 0 Å². The summed E-state index contributed by atoms with van der Waals surface area (Å²) in [6.45, 7) is 6.39. The monoisotopic (exact) mass is 470 g/mol. The van der Waals surface area contributed by atoms with Crippen molar-refractivity contribution in [3.05, 3.63) is 64.7 Å². The predicted octanol–water partition coefficient (Wildman–Crippen LogP) is -1.76. The SMILES string of the molecule is OCCN1CCN(CC/C=C2/c3ccccc3Sc3ccc(Cl)cc32)CC1.[Cl-].[Cl-]. The smallest absolute Gasteiger partial charge is 0.0558 e. The molecule has 0 radical (unpaired) electrons. The molecule has 0 atom stereocenters. The van der Waals surface area contributed by atoms with Crippen molar-refractivity contribution in [3.8, 4) is 0 Å². The molecule has 29 heavy (non-hydrogen) atoms. The Morgan fingerprint density at radius 3 is 2.28 bits per heavy atom. The van der Waals surface area contributed by atoms with E-state index < -0.39 is 0 Å². The molecule has 1 N–H and O–H groups in total. The highest BCUT2D eigenvalue weighted by Crippen LogP contribution is 2.46. The molecule has 2 aromatic carbocycles. The fourth-order valence-corrected chi connectivity index (χ4v) is 5.09. The summed E-state index contributed by atoms with van der Waals surface area (Å²) >= 11 is 8.12. The van der Waals surface area contributed by atoms with Crippen LogP contribution in [-0.4, -0.2) is 60.8 Å². The van der Waals surface area contributed by atoms with Gasteiger partial charge in [0.2, 0.25) is 0 Å². The molecule has 1 saturated heterocycles. The standard InChI is InChI=1S/C22H25ClN2OS.2ClH/c23-17-7-8-22-20(16-17)18(19-4-1-2-6-21(19)27-22)5-3-9-24-10-12-25(13-11-24)14-15-26;;/h1-2,4-8,16,26H,3,9-15H2;2*1H/p-2/b18-5-;;. The second kappa shape index (κ2) is 11.6. The van der Waals surface area contributed by atoms with Crippen LogP contribution in [0.25, 0.3) is 5.57 Å². The second-order valence-electron chi connectivity index (χ2n) is 7.05. The molecule has 7 heteroatoms. The molecule has 2 heterocycles. The van der Waals surface area contributed by atoms with Crippen LogP contribution in [0.1, 0.15) is 17.5 Å². The molecule has 4 rings (SSSR count). The van der Waals surface area contributed by atoms with Crippen LogP contribution in [0.5, 0.6) is 0 Å². The maximum Gasteiger partial charge on any atom is 0.0558 e. The molecule has 2 aromatic rings. The number of β-amino-alcohol motifs (C(OH)–C–C–N with tert-alkyl or cyclic N) is 1. The van der Waals surface area contributed by atoms with E-state index in [1.807, 2.05) is 17.8 Å². The number of benzene rings is 2. The number of nitrogens with zero attached hydrogens (tertiary/aromatic N) is 2. The van der Waals surface area contributed by atoms with Gasteiger partial charge >= 0.3 is 0 Å².